The second-order valence-corrected chi connectivity index (χ2v) is 5.93. The van der Waals surface area contributed by atoms with Crippen LogP contribution in [0, 0.1) is 0 Å². The van der Waals surface area contributed by atoms with E-state index in [2.05, 4.69) is 15.9 Å². The third kappa shape index (κ3) is 3.77. The first-order valence-corrected chi connectivity index (χ1v) is 7.67. The zero-order valence-electron chi connectivity index (χ0n) is 10.1. The molecule has 19 heavy (non-hydrogen) atoms. The highest BCUT2D eigenvalue weighted by Crippen LogP contribution is 2.36. The minimum absolute atomic E-state index is 0.371. The summed E-state index contributed by atoms with van der Waals surface area (Å²) >= 11 is 4.95. The van der Waals surface area contributed by atoms with Crippen molar-refractivity contribution in [3.05, 3.63) is 22.2 Å². The molecule has 3 N–H and O–H groups in total. The molecule has 0 aromatic heterocycles. The summed E-state index contributed by atoms with van der Waals surface area (Å²) in [5.74, 6) is 1.52. The molecule has 0 fully saturated rings. The van der Waals surface area contributed by atoms with Crippen LogP contribution in [0.4, 0.5) is 0 Å². The first kappa shape index (κ1) is 14.5. The van der Waals surface area contributed by atoms with Crippen LogP contribution in [-0.2, 0) is 10.5 Å². The number of ether oxygens (including phenoxy) is 2. The molecule has 0 aliphatic carbocycles. The second kappa shape index (κ2) is 6.49. The molecule has 2 rings (SSSR count). The number of carboxylic acids is 1. The smallest absolute Gasteiger partial charge is 0.321 e. The van der Waals surface area contributed by atoms with E-state index in [0.717, 1.165) is 21.5 Å². The lowest BCUT2D eigenvalue weighted by molar-refractivity contribution is -0.137. The number of thioether (sulfide) groups is 1. The highest BCUT2D eigenvalue weighted by Gasteiger charge is 2.16. The molecule has 7 heteroatoms. The third-order valence-electron chi connectivity index (χ3n) is 2.58. The van der Waals surface area contributed by atoms with Gasteiger partial charge in [0, 0.05) is 16.0 Å². The van der Waals surface area contributed by atoms with Gasteiger partial charge in [0.2, 0.25) is 0 Å². The number of carboxylic acid groups (broad SMARTS) is 1. The Labute approximate surface area is 123 Å². The Morgan fingerprint density at radius 3 is 2.68 bits per heavy atom. The Bertz CT molecular complexity index is 483. The molecule has 104 valence electrons. The van der Waals surface area contributed by atoms with Gasteiger partial charge in [0.1, 0.15) is 19.3 Å². The summed E-state index contributed by atoms with van der Waals surface area (Å²) in [6.07, 6.45) is 0. The number of nitrogens with two attached hydrogens (primary N) is 1. The van der Waals surface area contributed by atoms with Crippen molar-refractivity contribution < 1.29 is 19.4 Å². The van der Waals surface area contributed by atoms with Gasteiger partial charge in [-0.3, -0.25) is 4.79 Å². The lowest BCUT2D eigenvalue weighted by Crippen LogP contribution is -2.32. The molecule has 1 aliphatic rings. The molecule has 1 aromatic carbocycles. The predicted octanol–water partition coefficient (Wildman–Crippen LogP) is 1.87. The van der Waals surface area contributed by atoms with Crippen molar-refractivity contribution in [1.29, 1.82) is 0 Å². The molecule has 0 radical (unpaired) electrons. The highest BCUT2D eigenvalue weighted by atomic mass is 79.9. The Morgan fingerprint density at radius 1 is 1.42 bits per heavy atom. The molecule has 0 bridgehead atoms. The Kier molecular flexibility index (Phi) is 4.95. The summed E-state index contributed by atoms with van der Waals surface area (Å²) in [7, 11) is 0. The Balaban J connectivity index is 1.98. The van der Waals surface area contributed by atoms with Gasteiger partial charge < -0.3 is 20.3 Å². The van der Waals surface area contributed by atoms with E-state index in [1.807, 2.05) is 12.1 Å². The summed E-state index contributed by atoms with van der Waals surface area (Å²) in [6, 6.07) is 2.96. The molecule has 1 atom stereocenters. The SMILES string of the molecule is N[C@H](CSCc1cc2c(cc1Br)OCCO2)C(=O)O. The van der Waals surface area contributed by atoms with Crippen molar-refractivity contribution >= 4 is 33.7 Å². The zero-order chi connectivity index (χ0) is 13.8. The fourth-order valence-electron chi connectivity index (χ4n) is 1.58. The Morgan fingerprint density at radius 2 is 2.05 bits per heavy atom. The van der Waals surface area contributed by atoms with Crippen molar-refractivity contribution in [3.63, 3.8) is 0 Å². The molecular weight excluding hydrogens is 334 g/mol. The predicted molar refractivity (Wildman–Crippen MR) is 76.9 cm³/mol. The monoisotopic (exact) mass is 347 g/mol. The van der Waals surface area contributed by atoms with Gasteiger partial charge in [0.15, 0.2) is 11.5 Å². The average Bonchev–Trinajstić information content (AvgIpc) is 2.39. The van der Waals surface area contributed by atoms with E-state index >= 15 is 0 Å². The zero-order valence-corrected chi connectivity index (χ0v) is 12.5. The lowest BCUT2D eigenvalue weighted by Gasteiger charge is -2.20. The van der Waals surface area contributed by atoms with Gasteiger partial charge >= 0.3 is 5.97 Å². The number of aliphatic carboxylic acids is 1. The van der Waals surface area contributed by atoms with Gasteiger partial charge in [0.25, 0.3) is 0 Å². The van der Waals surface area contributed by atoms with Gasteiger partial charge in [-0.15, -0.1) is 0 Å². The van der Waals surface area contributed by atoms with Crippen molar-refractivity contribution in [2.24, 2.45) is 5.73 Å². The quantitative estimate of drug-likeness (QED) is 0.845. The highest BCUT2D eigenvalue weighted by molar-refractivity contribution is 9.10. The van der Waals surface area contributed by atoms with Gasteiger partial charge in [-0.1, -0.05) is 15.9 Å². The van der Waals surface area contributed by atoms with Crippen LogP contribution in [0.15, 0.2) is 16.6 Å². The van der Waals surface area contributed by atoms with Crippen LogP contribution in [-0.4, -0.2) is 36.1 Å². The normalized spacial score (nSPS) is 15.1. The second-order valence-electron chi connectivity index (χ2n) is 4.05. The molecule has 0 spiro atoms. The van der Waals surface area contributed by atoms with Crippen LogP contribution in [0.5, 0.6) is 11.5 Å². The standard InChI is InChI=1S/C12H14BrNO4S/c13-8-4-11-10(17-1-2-18-11)3-7(8)5-19-6-9(14)12(15)16/h3-4,9H,1-2,5-6,14H2,(H,15,16)/t9-/m1/s1. The number of hydrogen-bond donors (Lipinski definition) is 2. The van der Waals surface area contributed by atoms with Crippen LogP contribution >= 0.6 is 27.7 Å². The van der Waals surface area contributed by atoms with Gasteiger partial charge in [-0.2, -0.15) is 11.8 Å². The molecule has 0 saturated heterocycles. The van der Waals surface area contributed by atoms with E-state index in [1.165, 1.54) is 11.8 Å². The van der Waals surface area contributed by atoms with E-state index in [-0.39, 0.29) is 0 Å². The van der Waals surface area contributed by atoms with Crippen molar-refractivity contribution in [3.8, 4) is 11.5 Å². The van der Waals surface area contributed by atoms with E-state index in [0.29, 0.717) is 24.7 Å². The fourth-order valence-corrected chi connectivity index (χ4v) is 3.21. The van der Waals surface area contributed by atoms with E-state index < -0.39 is 12.0 Å². The Hall–Kier alpha value is -0.920. The summed E-state index contributed by atoms with van der Waals surface area (Å²) in [6.45, 7) is 1.10. The summed E-state index contributed by atoms with van der Waals surface area (Å²) in [5.41, 5.74) is 6.49. The third-order valence-corrected chi connectivity index (χ3v) is 4.43. The molecule has 1 aromatic rings. The van der Waals surface area contributed by atoms with Crippen LogP contribution in [0.3, 0.4) is 0 Å². The van der Waals surface area contributed by atoms with E-state index in [9.17, 15) is 4.79 Å². The molecule has 1 heterocycles. The molecule has 1 aliphatic heterocycles. The molecule has 0 amide bonds. The van der Waals surface area contributed by atoms with Crippen LogP contribution in [0.2, 0.25) is 0 Å². The van der Waals surface area contributed by atoms with Crippen LogP contribution in [0.25, 0.3) is 0 Å². The topological polar surface area (TPSA) is 81.8 Å². The van der Waals surface area contributed by atoms with Gasteiger partial charge in [-0.05, 0) is 17.7 Å². The van der Waals surface area contributed by atoms with E-state index in [1.54, 1.807) is 0 Å². The number of fused-ring (bicyclic) bond motifs is 1. The molecule has 0 unspecified atom stereocenters. The van der Waals surface area contributed by atoms with Gasteiger partial charge in [-0.25, -0.2) is 0 Å². The van der Waals surface area contributed by atoms with Crippen molar-refractivity contribution in [1.82, 2.24) is 0 Å². The first-order valence-electron chi connectivity index (χ1n) is 5.72. The number of rotatable bonds is 5. The number of benzene rings is 1. The molecule has 5 nitrogen and oxygen atoms in total. The summed E-state index contributed by atoms with van der Waals surface area (Å²) in [5, 5.41) is 8.71. The first-order chi connectivity index (χ1) is 9.08. The van der Waals surface area contributed by atoms with Crippen LogP contribution in [0.1, 0.15) is 5.56 Å². The number of halogens is 1. The molecular formula is C12H14BrNO4S. The van der Waals surface area contributed by atoms with Crippen molar-refractivity contribution in [2.45, 2.75) is 11.8 Å². The average molecular weight is 348 g/mol. The molecule has 0 saturated carbocycles. The maximum Gasteiger partial charge on any atom is 0.321 e. The van der Waals surface area contributed by atoms with Crippen molar-refractivity contribution in [2.75, 3.05) is 19.0 Å². The van der Waals surface area contributed by atoms with Crippen LogP contribution < -0.4 is 15.2 Å². The summed E-state index contributed by atoms with van der Waals surface area (Å²) in [4.78, 5) is 10.6. The maximum atomic E-state index is 10.6. The minimum Gasteiger partial charge on any atom is -0.486 e. The van der Waals surface area contributed by atoms with Gasteiger partial charge in [0.05, 0.1) is 0 Å². The largest absolute Gasteiger partial charge is 0.486 e. The number of hydrogen-bond acceptors (Lipinski definition) is 5. The summed E-state index contributed by atoms with van der Waals surface area (Å²) < 4.78 is 11.9. The fraction of sp³-hybridized carbons (Fsp3) is 0.417. The lowest BCUT2D eigenvalue weighted by atomic mass is 10.2. The van der Waals surface area contributed by atoms with E-state index in [4.69, 9.17) is 20.3 Å². The minimum atomic E-state index is -0.978. The maximum absolute atomic E-state index is 10.6. The number of carbonyl (C=O) groups is 1.